The van der Waals surface area contributed by atoms with Crippen molar-refractivity contribution in [3.05, 3.63) is 29.8 Å². The van der Waals surface area contributed by atoms with Crippen LogP contribution in [0.2, 0.25) is 0 Å². The third-order valence-electron chi connectivity index (χ3n) is 2.84. The lowest BCUT2D eigenvalue weighted by Gasteiger charge is -2.10. The van der Waals surface area contributed by atoms with Crippen LogP contribution in [0.1, 0.15) is 18.9 Å². The first kappa shape index (κ1) is 16.8. The highest BCUT2D eigenvalue weighted by Gasteiger charge is 2.10. The number of hydrogen-bond donors (Lipinski definition) is 2. The summed E-state index contributed by atoms with van der Waals surface area (Å²) in [5.41, 5.74) is 1.12. The van der Waals surface area contributed by atoms with Gasteiger partial charge in [0.25, 0.3) is 5.91 Å². The number of hydrogen-bond acceptors (Lipinski definition) is 6. The molecule has 0 aliphatic rings. The Morgan fingerprint density at radius 3 is 2.78 bits per heavy atom. The van der Waals surface area contributed by atoms with Crippen LogP contribution < -0.4 is 15.4 Å². The molecule has 0 radical (unpaired) electrons. The molecule has 9 heteroatoms. The molecule has 2 aromatic rings. The van der Waals surface area contributed by atoms with Crippen LogP contribution >= 0.6 is 12.2 Å². The number of aromatic nitrogens is 4. The van der Waals surface area contributed by atoms with Gasteiger partial charge in [-0.3, -0.25) is 15.4 Å². The summed E-state index contributed by atoms with van der Waals surface area (Å²) >= 11 is 5.06. The van der Waals surface area contributed by atoms with Gasteiger partial charge in [0, 0.05) is 6.54 Å². The van der Waals surface area contributed by atoms with Gasteiger partial charge in [0.1, 0.15) is 5.75 Å². The maximum absolute atomic E-state index is 11.8. The number of ether oxygens (including phenoxy) is 1. The molecule has 1 aromatic heterocycles. The minimum absolute atomic E-state index is 0.120. The standard InChI is InChI=1S/C14H18N6O2S/c1-3-8-20-13(17-18-19-20)16-14(23)15-12(21)9-22-11-6-4-10(2)5-7-11/h4-7H,3,8-9H2,1-2H3,(H2,15,16,17,19,21,23). The molecule has 23 heavy (non-hydrogen) atoms. The molecular weight excluding hydrogens is 316 g/mol. The molecule has 0 saturated heterocycles. The molecule has 8 nitrogen and oxygen atoms in total. The molecule has 0 atom stereocenters. The van der Waals surface area contributed by atoms with Crippen molar-refractivity contribution in [2.75, 3.05) is 11.9 Å². The summed E-state index contributed by atoms with van der Waals surface area (Å²) in [7, 11) is 0. The van der Waals surface area contributed by atoms with Gasteiger partial charge in [-0.2, -0.15) is 0 Å². The van der Waals surface area contributed by atoms with Crippen LogP contribution in [0.3, 0.4) is 0 Å². The van der Waals surface area contributed by atoms with Gasteiger partial charge in [0.15, 0.2) is 11.7 Å². The van der Waals surface area contributed by atoms with E-state index in [1.807, 2.05) is 26.0 Å². The zero-order chi connectivity index (χ0) is 16.7. The molecular formula is C14H18N6O2S. The van der Waals surface area contributed by atoms with Crippen LogP contribution in [0, 0.1) is 6.92 Å². The smallest absolute Gasteiger partial charge is 0.264 e. The summed E-state index contributed by atoms with van der Waals surface area (Å²) in [6.45, 7) is 4.51. The molecule has 2 N–H and O–H groups in total. The Morgan fingerprint density at radius 2 is 2.09 bits per heavy atom. The molecule has 1 amide bonds. The number of benzene rings is 1. The minimum Gasteiger partial charge on any atom is -0.484 e. The second kappa shape index (κ2) is 8.18. The number of nitrogens with zero attached hydrogens (tertiary/aromatic N) is 4. The van der Waals surface area contributed by atoms with Gasteiger partial charge in [0.2, 0.25) is 5.95 Å². The lowest BCUT2D eigenvalue weighted by Crippen LogP contribution is -2.37. The Labute approximate surface area is 139 Å². The van der Waals surface area contributed by atoms with Crippen LogP contribution in [0.5, 0.6) is 5.75 Å². The van der Waals surface area contributed by atoms with Crippen molar-refractivity contribution in [3.8, 4) is 5.75 Å². The van der Waals surface area contributed by atoms with E-state index in [4.69, 9.17) is 17.0 Å². The van der Waals surface area contributed by atoms with E-state index in [9.17, 15) is 4.79 Å². The lowest BCUT2D eigenvalue weighted by molar-refractivity contribution is -0.121. The number of nitrogens with one attached hydrogen (secondary N) is 2. The van der Waals surface area contributed by atoms with E-state index in [1.165, 1.54) is 0 Å². The van der Waals surface area contributed by atoms with Crippen molar-refractivity contribution >= 4 is 29.2 Å². The summed E-state index contributed by atoms with van der Waals surface area (Å²) in [5.74, 6) is 0.644. The number of thiocarbonyl (C=S) groups is 1. The molecule has 2 rings (SSSR count). The fraction of sp³-hybridized carbons (Fsp3) is 0.357. The van der Waals surface area contributed by atoms with Crippen LogP contribution in [-0.4, -0.2) is 37.8 Å². The average Bonchev–Trinajstić information content (AvgIpc) is 2.94. The van der Waals surface area contributed by atoms with E-state index in [0.29, 0.717) is 18.2 Å². The Hall–Kier alpha value is -2.55. The Balaban J connectivity index is 1.79. The van der Waals surface area contributed by atoms with Gasteiger partial charge in [-0.05, 0) is 48.1 Å². The van der Waals surface area contributed by atoms with E-state index in [2.05, 4.69) is 26.2 Å². The fourth-order valence-corrected chi connectivity index (χ4v) is 1.94. The van der Waals surface area contributed by atoms with Crippen molar-refractivity contribution in [3.63, 3.8) is 0 Å². The van der Waals surface area contributed by atoms with Gasteiger partial charge in [-0.1, -0.05) is 29.7 Å². The first-order valence-corrected chi connectivity index (χ1v) is 7.55. The molecule has 0 fully saturated rings. The third-order valence-corrected chi connectivity index (χ3v) is 3.04. The number of anilines is 1. The summed E-state index contributed by atoms with van der Waals surface area (Å²) < 4.78 is 6.95. The molecule has 0 aliphatic heterocycles. The molecule has 0 spiro atoms. The first-order valence-electron chi connectivity index (χ1n) is 7.15. The Kier molecular flexibility index (Phi) is 5.98. The zero-order valence-electron chi connectivity index (χ0n) is 12.9. The van der Waals surface area contributed by atoms with Crippen molar-refractivity contribution in [2.24, 2.45) is 0 Å². The monoisotopic (exact) mass is 334 g/mol. The predicted molar refractivity (Wildman–Crippen MR) is 89.1 cm³/mol. The van der Waals surface area contributed by atoms with Crippen LogP contribution in [0.15, 0.2) is 24.3 Å². The predicted octanol–water partition coefficient (Wildman–Crippen LogP) is 1.28. The van der Waals surface area contributed by atoms with Crippen LogP contribution in [-0.2, 0) is 11.3 Å². The molecule has 1 aromatic carbocycles. The second-order valence-electron chi connectivity index (χ2n) is 4.83. The summed E-state index contributed by atoms with van der Waals surface area (Å²) in [4.78, 5) is 11.8. The first-order chi connectivity index (χ1) is 11.1. The van der Waals surface area contributed by atoms with Gasteiger partial charge >= 0.3 is 0 Å². The van der Waals surface area contributed by atoms with E-state index in [0.717, 1.165) is 12.0 Å². The average molecular weight is 334 g/mol. The summed E-state index contributed by atoms with van der Waals surface area (Å²) in [6.07, 6.45) is 0.878. The number of aryl methyl sites for hydroxylation is 2. The van der Waals surface area contributed by atoms with Gasteiger partial charge in [-0.25, -0.2) is 4.68 Å². The highest BCUT2D eigenvalue weighted by Crippen LogP contribution is 2.10. The highest BCUT2D eigenvalue weighted by atomic mass is 32.1. The van der Waals surface area contributed by atoms with Gasteiger partial charge < -0.3 is 4.74 Å². The van der Waals surface area contributed by atoms with Crippen molar-refractivity contribution < 1.29 is 9.53 Å². The molecule has 0 aliphatic carbocycles. The van der Waals surface area contributed by atoms with Gasteiger partial charge in [-0.15, -0.1) is 0 Å². The van der Waals surface area contributed by atoms with Crippen molar-refractivity contribution in [1.29, 1.82) is 0 Å². The third kappa shape index (κ3) is 5.29. The van der Waals surface area contributed by atoms with E-state index in [-0.39, 0.29) is 17.6 Å². The fourth-order valence-electron chi connectivity index (χ4n) is 1.74. The van der Waals surface area contributed by atoms with E-state index >= 15 is 0 Å². The molecule has 122 valence electrons. The van der Waals surface area contributed by atoms with Crippen LogP contribution in [0.25, 0.3) is 0 Å². The number of tetrazole rings is 1. The van der Waals surface area contributed by atoms with Gasteiger partial charge in [0.05, 0.1) is 0 Å². The highest BCUT2D eigenvalue weighted by molar-refractivity contribution is 7.80. The topological polar surface area (TPSA) is 94.0 Å². The maximum atomic E-state index is 11.8. The summed E-state index contributed by atoms with van der Waals surface area (Å²) in [5, 5.41) is 16.6. The number of carbonyl (C=O) groups excluding carboxylic acids is 1. The van der Waals surface area contributed by atoms with Crippen molar-refractivity contribution in [2.45, 2.75) is 26.8 Å². The largest absolute Gasteiger partial charge is 0.484 e. The van der Waals surface area contributed by atoms with Crippen LogP contribution in [0.4, 0.5) is 5.95 Å². The normalized spacial score (nSPS) is 10.2. The van der Waals surface area contributed by atoms with E-state index < -0.39 is 0 Å². The quantitative estimate of drug-likeness (QED) is 0.769. The summed E-state index contributed by atoms with van der Waals surface area (Å²) in [6, 6.07) is 7.43. The molecule has 1 heterocycles. The SMILES string of the molecule is CCCn1nnnc1NC(=S)NC(=O)COc1ccc(C)cc1. The number of rotatable bonds is 6. The van der Waals surface area contributed by atoms with Crippen molar-refractivity contribution in [1.82, 2.24) is 25.5 Å². The Morgan fingerprint density at radius 1 is 1.35 bits per heavy atom. The molecule has 0 unspecified atom stereocenters. The number of carbonyl (C=O) groups is 1. The molecule has 0 bridgehead atoms. The maximum Gasteiger partial charge on any atom is 0.264 e. The number of amides is 1. The second-order valence-corrected chi connectivity index (χ2v) is 5.24. The Bertz CT molecular complexity index is 670. The zero-order valence-corrected chi connectivity index (χ0v) is 13.8. The minimum atomic E-state index is -0.363. The lowest BCUT2D eigenvalue weighted by atomic mass is 10.2. The van der Waals surface area contributed by atoms with E-state index in [1.54, 1.807) is 16.8 Å². The molecule has 0 saturated carbocycles.